The van der Waals surface area contributed by atoms with Gasteiger partial charge < -0.3 is 14.2 Å². The second kappa shape index (κ2) is 9.35. The summed E-state index contributed by atoms with van der Waals surface area (Å²) in [6.45, 7) is -0.400. The first-order valence-electron chi connectivity index (χ1n) is 9.88. The van der Waals surface area contributed by atoms with Crippen LogP contribution in [0, 0.1) is 11.7 Å². The number of esters is 1. The Bertz CT molecular complexity index is 1130. The molecular formula is C23H21FN2O5S. The third-order valence-electron chi connectivity index (χ3n) is 5.17. The molecule has 9 heteroatoms. The number of carbonyl (C=O) groups is 2. The van der Waals surface area contributed by atoms with Crippen LogP contribution in [0.5, 0.6) is 11.5 Å². The molecule has 0 bridgehead atoms. The highest BCUT2D eigenvalue weighted by Gasteiger charge is 2.45. The molecule has 166 valence electrons. The number of aromatic nitrogens is 1. The fraction of sp³-hybridized carbons (Fsp3) is 0.261. The van der Waals surface area contributed by atoms with E-state index in [2.05, 4.69) is 10.3 Å². The Labute approximate surface area is 188 Å². The third-order valence-corrected chi connectivity index (χ3v) is 5.93. The van der Waals surface area contributed by atoms with E-state index in [1.54, 1.807) is 49.9 Å². The van der Waals surface area contributed by atoms with Crippen molar-refractivity contribution in [3.8, 4) is 22.8 Å². The Balaban J connectivity index is 1.31. The molecule has 1 fully saturated rings. The van der Waals surface area contributed by atoms with Crippen molar-refractivity contribution < 1.29 is 28.2 Å². The molecule has 1 amide bonds. The number of carbonyl (C=O) groups excluding carboxylic acids is 2. The smallest absolute Gasteiger partial charge is 0.310 e. The van der Waals surface area contributed by atoms with Gasteiger partial charge in [-0.05, 0) is 48.2 Å². The van der Waals surface area contributed by atoms with Crippen LogP contribution < -0.4 is 14.8 Å². The van der Waals surface area contributed by atoms with E-state index in [1.807, 2.05) is 0 Å². The van der Waals surface area contributed by atoms with Crippen LogP contribution in [0.2, 0.25) is 0 Å². The van der Waals surface area contributed by atoms with Gasteiger partial charge >= 0.3 is 5.97 Å². The molecule has 2 aromatic carbocycles. The SMILES string of the molecule is COc1ccc(OC)c(-c2csc(NC(=O)COC(=O)C3CC3c3ccc(F)cc3)n2)c1. The molecule has 1 saturated carbocycles. The number of rotatable bonds is 8. The van der Waals surface area contributed by atoms with Gasteiger partial charge in [-0.2, -0.15) is 0 Å². The molecule has 3 aromatic rings. The first-order valence-corrected chi connectivity index (χ1v) is 10.8. The summed E-state index contributed by atoms with van der Waals surface area (Å²) >= 11 is 1.25. The van der Waals surface area contributed by atoms with Gasteiger partial charge in [0.2, 0.25) is 0 Å². The molecule has 0 radical (unpaired) electrons. The summed E-state index contributed by atoms with van der Waals surface area (Å²) in [7, 11) is 3.14. The first kappa shape index (κ1) is 21.8. The molecule has 1 N–H and O–H groups in total. The van der Waals surface area contributed by atoms with Gasteiger partial charge in [-0.3, -0.25) is 14.9 Å². The van der Waals surface area contributed by atoms with Crippen LogP contribution >= 0.6 is 11.3 Å². The van der Waals surface area contributed by atoms with Crippen LogP contribution in [-0.2, 0) is 14.3 Å². The summed E-state index contributed by atoms with van der Waals surface area (Å²) in [5, 5.41) is 4.80. The number of nitrogens with zero attached hydrogens (tertiary/aromatic N) is 1. The highest BCUT2D eigenvalue weighted by Crippen LogP contribution is 2.48. The molecule has 1 aromatic heterocycles. The van der Waals surface area contributed by atoms with E-state index >= 15 is 0 Å². The summed E-state index contributed by atoms with van der Waals surface area (Å²) < 4.78 is 28.8. The number of amides is 1. The zero-order chi connectivity index (χ0) is 22.7. The Morgan fingerprint density at radius 1 is 1.16 bits per heavy atom. The van der Waals surface area contributed by atoms with Crippen LogP contribution in [0.15, 0.2) is 47.8 Å². The van der Waals surface area contributed by atoms with Crippen molar-refractivity contribution in [1.82, 2.24) is 4.98 Å². The molecule has 1 aliphatic carbocycles. The summed E-state index contributed by atoms with van der Waals surface area (Å²) in [5.41, 5.74) is 2.25. The summed E-state index contributed by atoms with van der Waals surface area (Å²) in [6, 6.07) is 11.4. The lowest BCUT2D eigenvalue weighted by molar-refractivity contribution is -0.148. The average molecular weight is 456 g/mol. The quantitative estimate of drug-likeness (QED) is 0.510. The minimum atomic E-state index is -0.476. The van der Waals surface area contributed by atoms with E-state index in [4.69, 9.17) is 14.2 Å². The van der Waals surface area contributed by atoms with Gasteiger partial charge in [-0.15, -0.1) is 11.3 Å². The highest BCUT2D eigenvalue weighted by atomic mass is 32.1. The largest absolute Gasteiger partial charge is 0.497 e. The van der Waals surface area contributed by atoms with E-state index in [9.17, 15) is 14.0 Å². The molecule has 2 unspecified atom stereocenters. The van der Waals surface area contributed by atoms with Crippen LogP contribution in [0.1, 0.15) is 17.9 Å². The zero-order valence-corrected chi connectivity index (χ0v) is 18.3. The van der Waals surface area contributed by atoms with E-state index < -0.39 is 18.5 Å². The number of nitrogens with one attached hydrogen (secondary N) is 1. The second-order valence-corrected chi connectivity index (χ2v) is 8.12. The summed E-state index contributed by atoms with van der Waals surface area (Å²) in [6.07, 6.45) is 0.629. The number of hydrogen-bond acceptors (Lipinski definition) is 7. The van der Waals surface area contributed by atoms with E-state index in [-0.39, 0.29) is 17.7 Å². The number of ether oxygens (including phenoxy) is 3. The minimum absolute atomic E-state index is 0.00512. The zero-order valence-electron chi connectivity index (χ0n) is 17.5. The predicted molar refractivity (Wildman–Crippen MR) is 117 cm³/mol. The Hall–Kier alpha value is -3.46. The molecule has 2 atom stereocenters. The Kier molecular flexibility index (Phi) is 6.36. The van der Waals surface area contributed by atoms with Gasteiger partial charge in [0.25, 0.3) is 5.91 Å². The number of thiazole rings is 1. The fourth-order valence-electron chi connectivity index (χ4n) is 3.40. The highest BCUT2D eigenvalue weighted by molar-refractivity contribution is 7.14. The maximum absolute atomic E-state index is 13.0. The maximum Gasteiger partial charge on any atom is 0.310 e. The molecule has 1 aliphatic rings. The molecule has 32 heavy (non-hydrogen) atoms. The fourth-order valence-corrected chi connectivity index (χ4v) is 4.13. The third kappa shape index (κ3) is 4.88. The molecule has 1 heterocycles. The van der Waals surface area contributed by atoms with Gasteiger partial charge in [0.15, 0.2) is 11.7 Å². The summed E-state index contributed by atoms with van der Waals surface area (Å²) in [4.78, 5) is 28.8. The number of anilines is 1. The van der Waals surface area contributed by atoms with Crippen molar-refractivity contribution in [2.75, 3.05) is 26.1 Å². The van der Waals surface area contributed by atoms with Crippen LogP contribution in [0.3, 0.4) is 0 Å². The van der Waals surface area contributed by atoms with Gasteiger partial charge in [0.05, 0.1) is 25.8 Å². The number of hydrogen-bond donors (Lipinski definition) is 1. The molecular weight excluding hydrogens is 435 g/mol. The van der Waals surface area contributed by atoms with Gasteiger partial charge in [0, 0.05) is 10.9 Å². The van der Waals surface area contributed by atoms with Crippen LogP contribution in [0.4, 0.5) is 9.52 Å². The molecule has 7 nitrogen and oxygen atoms in total. The van der Waals surface area contributed by atoms with Crippen molar-refractivity contribution in [3.63, 3.8) is 0 Å². The Morgan fingerprint density at radius 3 is 2.66 bits per heavy atom. The van der Waals surface area contributed by atoms with Crippen molar-refractivity contribution in [2.24, 2.45) is 5.92 Å². The van der Waals surface area contributed by atoms with Crippen LogP contribution in [0.25, 0.3) is 11.3 Å². The van der Waals surface area contributed by atoms with Crippen LogP contribution in [-0.4, -0.2) is 37.7 Å². The van der Waals surface area contributed by atoms with Crippen molar-refractivity contribution in [2.45, 2.75) is 12.3 Å². The van der Waals surface area contributed by atoms with E-state index in [0.717, 1.165) is 11.1 Å². The topological polar surface area (TPSA) is 86.8 Å². The lowest BCUT2D eigenvalue weighted by Gasteiger charge is -2.08. The standard InChI is InChI=1S/C23H21FN2O5S/c1-29-15-7-8-20(30-2)18(9-15)19-12-32-23(25-19)26-21(27)11-31-22(28)17-10-16(17)13-3-5-14(24)6-4-13/h3-9,12,16-17H,10-11H2,1-2H3,(H,25,26,27). The number of benzene rings is 2. The monoisotopic (exact) mass is 456 g/mol. The van der Waals surface area contributed by atoms with Crippen molar-refractivity contribution >= 4 is 28.3 Å². The minimum Gasteiger partial charge on any atom is -0.497 e. The number of methoxy groups -OCH3 is 2. The number of halogens is 1. The lowest BCUT2D eigenvalue weighted by atomic mass is 10.1. The molecule has 0 spiro atoms. The normalized spacial score (nSPS) is 16.8. The predicted octanol–water partition coefficient (Wildman–Crippen LogP) is 4.25. The maximum atomic E-state index is 13.0. The van der Waals surface area contributed by atoms with E-state index in [1.165, 1.54) is 23.5 Å². The molecule has 4 rings (SSSR count). The average Bonchev–Trinajstić information content (AvgIpc) is 3.48. The second-order valence-electron chi connectivity index (χ2n) is 7.26. The summed E-state index contributed by atoms with van der Waals surface area (Å²) in [5.74, 6) is -0.245. The molecule has 0 saturated heterocycles. The van der Waals surface area contributed by atoms with Crippen molar-refractivity contribution in [1.29, 1.82) is 0 Å². The lowest BCUT2D eigenvalue weighted by Crippen LogP contribution is -2.21. The van der Waals surface area contributed by atoms with Gasteiger partial charge in [-0.1, -0.05) is 12.1 Å². The molecule has 0 aliphatic heterocycles. The first-order chi connectivity index (χ1) is 15.5. The van der Waals surface area contributed by atoms with Gasteiger partial charge in [0.1, 0.15) is 17.3 Å². The Morgan fingerprint density at radius 2 is 1.94 bits per heavy atom. The van der Waals surface area contributed by atoms with E-state index in [0.29, 0.717) is 28.7 Å². The van der Waals surface area contributed by atoms with Crippen molar-refractivity contribution in [3.05, 3.63) is 59.2 Å². The van der Waals surface area contributed by atoms with Gasteiger partial charge in [-0.25, -0.2) is 9.37 Å².